The zero-order chi connectivity index (χ0) is 17.4. The fourth-order valence-corrected chi connectivity index (χ4v) is 5.23. The average Bonchev–Trinajstić information content (AvgIpc) is 2.82. The van der Waals surface area contributed by atoms with Crippen LogP contribution in [0, 0.1) is 11.3 Å². The van der Waals surface area contributed by atoms with E-state index in [1.807, 2.05) is 25.1 Å². The van der Waals surface area contributed by atoms with Crippen LogP contribution >= 0.6 is 0 Å². The van der Waals surface area contributed by atoms with Crippen LogP contribution in [0.5, 0.6) is 0 Å². The summed E-state index contributed by atoms with van der Waals surface area (Å²) in [5, 5.41) is 11.0. The lowest BCUT2D eigenvalue weighted by Gasteiger charge is -2.60. The van der Waals surface area contributed by atoms with Gasteiger partial charge in [0.25, 0.3) is 0 Å². The van der Waals surface area contributed by atoms with Crippen LogP contribution in [0.4, 0.5) is 0 Å². The highest BCUT2D eigenvalue weighted by atomic mass is 16.3. The third-order valence-corrected chi connectivity index (χ3v) is 6.64. The number of aliphatic hydroxyl groups is 1. The summed E-state index contributed by atoms with van der Waals surface area (Å²) >= 11 is 0. The van der Waals surface area contributed by atoms with Gasteiger partial charge in [-0.15, -0.1) is 0 Å². The van der Waals surface area contributed by atoms with E-state index in [9.17, 15) is 9.90 Å². The first kappa shape index (κ1) is 15.4. The Bertz CT molecular complexity index is 847. The molecule has 2 aliphatic carbocycles. The number of aromatic nitrogens is 2. The summed E-state index contributed by atoms with van der Waals surface area (Å²) < 4.78 is 2.05. The van der Waals surface area contributed by atoms with Gasteiger partial charge in [-0.3, -0.25) is 4.79 Å². The van der Waals surface area contributed by atoms with Crippen molar-refractivity contribution in [3.05, 3.63) is 30.1 Å². The number of pyridine rings is 1. The molecule has 0 aromatic carbocycles. The molecule has 0 bridgehead atoms. The van der Waals surface area contributed by atoms with Gasteiger partial charge in [0.05, 0.1) is 5.60 Å². The molecule has 1 aliphatic heterocycles. The van der Waals surface area contributed by atoms with Gasteiger partial charge in [0.15, 0.2) is 0 Å². The smallest absolute Gasteiger partial charge is 0.225 e. The Balaban J connectivity index is 1.19. The number of aryl methyl sites for hydroxylation is 1. The van der Waals surface area contributed by atoms with E-state index >= 15 is 0 Å². The zero-order valence-corrected chi connectivity index (χ0v) is 14.9. The monoisotopic (exact) mass is 339 g/mol. The van der Waals surface area contributed by atoms with Gasteiger partial charge in [-0.25, -0.2) is 4.98 Å². The van der Waals surface area contributed by atoms with E-state index < -0.39 is 5.60 Å². The molecule has 5 heteroatoms. The Labute approximate surface area is 147 Å². The number of nitrogens with zero attached hydrogens (tertiary/aromatic N) is 3. The second-order valence-corrected chi connectivity index (χ2v) is 9.01. The number of carbonyl (C=O) groups is 1. The predicted octanol–water partition coefficient (Wildman–Crippen LogP) is 2.44. The number of fused-ring (bicyclic) bond motifs is 1. The lowest BCUT2D eigenvalue weighted by atomic mass is 9.56. The fraction of sp³-hybridized carbons (Fsp3) is 0.600. The zero-order valence-electron chi connectivity index (χ0n) is 14.9. The molecular formula is C20H25N3O2. The van der Waals surface area contributed by atoms with Crippen molar-refractivity contribution in [3.63, 3.8) is 0 Å². The Morgan fingerprint density at radius 3 is 2.68 bits per heavy atom. The van der Waals surface area contributed by atoms with Crippen molar-refractivity contribution in [2.75, 3.05) is 13.1 Å². The van der Waals surface area contributed by atoms with Crippen LogP contribution in [0.25, 0.3) is 11.0 Å². The summed E-state index contributed by atoms with van der Waals surface area (Å²) in [5.41, 5.74) is 2.10. The van der Waals surface area contributed by atoms with Crippen LogP contribution in [0.1, 0.15) is 44.1 Å². The topological polar surface area (TPSA) is 58.4 Å². The van der Waals surface area contributed by atoms with Gasteiger partial charge in [-0.05, 0) is 56.2 Å². The third kappa shape index (κ3) is 2.32. The molecule has 1 spiro atoms. The van der Waals surface area contributed by atoms with E-state index in [0.29, 0.717) is 24.2 Å². The van der Waals surface area contributed by atoms with E-state index in [2.05, 4.69) is 27.9 Å². The minimum Gasteiger partial charge on any atom is -0.390 e. The molecule has 0 atom stereocenters. The Hall–Kier alpha value is -1.88. The largest absolute Gasteiger partial charge is 0.390 e. The lowest BCUT2D eigenvalue weighted by molar-refractivity contribution is -0.168. The van der Waals surface area contributed by atoms with Crippen molar-refractivity contribution in [1.29, 1.82) is 0 Å². The van der Waals surface area contributed by atoms with Crippen LogP contribution in [-0.4, -0.2) is 44.2 Å². The summed E-state index contributed by atoms with van der Waals surface area (Å²) in [6, 6.07) is 4.40. The molecule has 2 saturated carbocycles. The minimum absolute atomic E-state index is 0.0490. The number of rotatable bonds is 2. The highest BCUT2D eigenvalue weighted by Crippen LogP contribution is 2.56. The van der Waals surface area contributed by atoms with Gasteiger partial charge in [0.2, 0.25) is 5.91 Å². The number of likely N-dealkylation sites (tertiary alicyclic amines) is 1. The van der Waals surface area contributed by atoms with Crippen molar-refractivity contribution in [1.82, 2.24) is 14.5 Å². The molecule has 1 amide bonds. The van der Waals surface area contributed by atoms with E-state index in [4.69, 9.17) is 0 Å². The first-order valence-electron chi connectivity index (χ1n) is 9.26. The number of hydrogen-bond acceptors (Lipinski definition) is 3. The summed E-state index contributed by atoms with van der Waals surface area (Å²) in [4.78, 5) is 19.0. The highest BCUT2D eigenvalue weighted by molar-refractivity contribution is 5.81. The molecule has 5 nitrogen and oxygen atoms in total. The van der Waals surface area contributed by atoms with Gasteiger partial charge < -0.3 is 14.6 Å². The summed E-state index contributed by atoms with van der Waals surface area (Å²) in [5.74, 6) is 0.889. The molecule has 3 fully saturated rings. The van der Waals surface area contributed by atoms with Crippen LogP contribution in [0.2, 0.25) is 0 Å². The number of carbonyl (C=O) groups excluding carboxylic acids is 1. The Morgan fingerprint density at radius 1 is 1.28 bits per heavy atom. The second-order valence-electron chi connectivity index (χ2n) is 9.01. The third-order valence-electron chi connectivity index (χ3n) is 6.64. The van der Waals surface area contributed by atoms with E-state index in [1.54, 1.807) is 0 Å². The van der Waals surface area contributed by atoms with Crippen molar-refractivity contribution < 1.29 is 9.90 Å². The van der Waals surface area contributed by atoms with Gasteiger partial charge in [-0.1, -0.05) is 0 Å². The molecule has 2 aromatic rings. The maximum absolute atomic E-state index is 12.4. The minimum atomic E-state index is -0.618. The Morgan fingerprint density at radius 2 is 2.00 bits per heavy atom. The average molecular weight is 339 g/mol. The van der Waals surface area contributed by atoms with Gasteiger partial charge in [-0.2, -0.15) is 0 Å². The molecule has 3 aliphatic rings. The summed E-state index contributed by atoms with van der Waals surface area (Å²) in [6.07, 6.45) is 7.66. The summed E-state index contributed by atoms with van der Waals surface area (Å²) in [6.45, 7) is 3.63. The standard InChI is InChI=1S/C20H25N3O2/c1-19(25)6-16(7-19)18(24)23-11-20(12-23)8-15(9-20)14-5-13-3-4-22(2)17(13)21-10-14/h3-5,10,15-16,25H,6-9,11-12H2,1-2H3. The molecule has 132 valence electrons. The molecule has 1 N–H and O–H groups in total. The molecule has 2 aromatic heterocycles. The SMILES string of the molecule is Cn1ccc2cc(C3CC4(C3)CN(C(=O)C3CC(C)(O)C3)C4)cnc21. The van der Waals surface area contributed by atoms with E-state index in [-0.39, 0.29) is 11.8 Å². The molecule has 0 radical (unpaired) electrons. The maximum atomic E-state index is 12.4. The maximum Gasteiger partial charge on any atom is 0.225 e. The van der Waals surface area contributed by atoms with Crippen molar-refractivity contribution in [2.24, 2.45) is 18.4 Å². The normalized spacial score (nSPS) is 30.8. The van der Waals surface area contributed by atoms with Gasteiger partial charge in [0, 0.05) is 49.2 Å². The quantitative estimate of drug-likeness (QED) is 0.914. The van der Waals surface area contributed by atoms with Crippen molar-refractivity contribution in [2.45, 2.75) is 44.1 Å². The molecule has 25 heavy (non-hydrogen) atoms. The lowest BCUT2D eigenvalue weighted by Crippen LogP contribution is -2.65. The molecule has 5 rings (SSSR count). The molecule has 1 saturated heterocycles. The molecular weight excluding hydrogens is 314 g/mol. The molecule has 3 heterocycles. The van der Waals surface area contributed by atoms with Crippen molar-refractivity contribution in [3.8, 4) is 0 Å². The second kappa shape index (κ2) is 4.85. The summed E-state index contributed by atoms with van der Waals surface area (Å²) in [7, 11) is 2.02. The van der Waals surface area contributed by atoms with Crippen molar-refractivity contribution >= 4 is 16.9 Å². The predicted molar refractivity (Wildman–Crippen MR) is 95.0 cm³/mol. The highest BCUT2D eigenvalue weighted by Gasteiger charge is 2.56. The van der Waals surface area contributed by atoms with Crippen LogP contribution < -0.4 is 0 Å². The van der Waals surface area contributed by atoms with Crippen LogP contribution in [-0.2, 0) is 11.8 Å². The number of amides is 1. The first-order valence-corrected chi connectivity index (χ1v) is 9.26. The van der Waals surface area contributed by atoms with E-state index in [1.165, 1.54) is 23.8 Å². The van der Waals surface area contributed by atoms with Crippen LogP contribution in [0.3, 0.4) is 0 Å². The first-order chi connectivity index (χ1) is 11.8. The van der Waals surface area contributed by atoms with E-state index in [0.717, 1.165) is 18.7 Å². The Kier molecular flexibility index (Phi) is 2.98. The van der Waals surface area contributed by atoms with Gasteiger partial charge >= 0.3 is 0 Å². The fourth-order valence-electron chi connectivity index (χ4n) is 5.23. The van der Waals surface area contributed by atoms with Crippen LogP contribution in [0.15, 0.2) is 24.5 Å². The van der Waals surface area contributed by atoms with Gasteiger partial charge in [0.1, 0.15) is 5.65 Å². The number of hydrogen-bond donors (Lipinski definition) is 1. The molecule has 0 unspecified atom stereocenters.